The molecule has 1 fully saturated rings. The lowest BCUT2D eigenvalue weighted by molar-refractivity contribution is 0.140. The van der Waals surface area contributed by atoms with Gasteiger partial charge in [-0.25, -0.2) is 4.98 Å². The van der Waals surface area contributed by atoms with E-state index in [2.05, 4.69) is 58.4 Å². The number of hydrogen-bond donors (Lipinski definition) is 0. The molecule has 3 aromatic rings. The third-order valence-corrected chi connectivity index (χ3v) is 5.22. The van der Waals surface area contributed by atoms with Crippen LogP contribution in [-0.4, -0.2) is 16.4 Å². The van der Waals surface area contributed by atoms with Gasteiger partial charge in [0.1, 0.15) is 6.61 Å². The van der Waals surface area contributed by atoms with Gasteiger partial charge in [0.25, 0.3) is 0 Å². The Labute approximate surface area is 161 Å². The van der Waals surface area contributed by atoms with Crippen molar-refractivity contribution < 1.29 is 4.74 Å². The molecule has 0 radical (unpaired) electrons. The predicted molar refractivity (Wildman–Crippen MR) is 108 cm³/mol. The summed E-state index contributed by atoms with van der Waals surface area (Å²) < 4.78 is 5.83. The van der Waals surface area contributed by atoms with Crippen molar-refractivity contribution in [1.29, 1.82) is 0 Å². The van der Waals surface area contributed by atoms with Crippen LogP contribution in [-0.2, 0) is 13.2 Å². The molecule has 0 N–H and O–H groups in total. The van der Waals surface area contributed by atoms with Crippen LogP contribution in [0.4, 0.5) is 0 Å². The summed E-state index contributed by atoms with van der Waals surface area (Å²) in [6.07, 6.45) is 5.74. The van der Waals surface area contributed by atoms with Gasteiger partial charge in [0.05, 0.1) is 0 Å². The van der Waals surface area contributed by atoms with E-state index in [-0.39, 0.29) is 0 Å². The molecule has 138 valence electrons. The van der Waals surface area contributed by atoms with Gasteiger partial charge in [-0.2, -0.15) is 0 Å². The fourth-order valence-corrected chi connectivity index (χ4v) is 3.78. The maximum absolute atomic E-state index is 5.83. The number of aromatic nitrogens is 1. The molecule has 1 atom stereocenters. The molecule has 3 heteroatoms. The molecule has 4 rings (SSSR count). The van der Waals surface area contributed by atoms with E-state index in [0.717, 1.165) is 18.7 Å². The Morgan fingerprint density at radius 1 is 0.852 bits per heavy atom. The van der Waals surface area contributed by atoms with Gasteiger partial charge < -0.3 is 4.74 Å². The Kier molecular flexibility index (Phi) is 5.80. The molecule has 1 aromatic heterocycles. The summed E-state index contributed by atoms with van der Waals surface area (Å²) in [4.78, 5) is 7.15. The molecule has 0 amide bonds. The van der Waals surface area contributed by atoms with Gasteiger partial charge in [-0.1, -0.05) is 73.2 Å². The first-order valence-electron chi connectivity index (χ1n) is 9.79. The van der Waals surface area contributed by atoms with Crippen molar-refractivity contribution in [1.82, 2.24) is 9.88 Å². The molecular weight excluding hydrogens is 332 g/mol. The summed E-state index contributed by atoms with van der Waals surface area (Å²) >= 11 is 0. The van der Waals surface area contributed by atoms with Crippen molar-refractivity contribution in [3.05, 3.63) is 95.7 Å². The Morgan fingerprint density at radius 3 is 2.30 bits per heavy atom. The van der Waals surface area contributed by atoms with Crippen LogP contribution in [0.1, 0.15) is 42.0 Å². The van der Waals surface area contributed by atoms with Gasteiger partial charge >= 0.3 is 0 Å². The summed E-state index contributed by atoms with van der Waals surface area (Å²) in [5.74, 6) is 0.688. The predicted octanol–water partition coefficient (Wildman–Crippen LogP) is 5.39. The number of likely N-dealkylation sites (tertiary alicyclic amines) is 1. The van der Waals surface area contributed by atoms with Crippen molar-refractivity contribution in [2.24, 2.45) is 0 Å². The zero-order valence-corrected chi connectivity index (χ0v) is 15.6. The molecule has 1 aliphatic heterocycles. The minimum atomic E-state index is 0.439. The monoisotopic (exact) mass is 358 g/mol. The average Bonchev–Trinajstić information content (AvgIpc) is 2.75. The smallest absolute Gasteiger partial charge is 0.213 e. The summed E-state index contributed by atoms with van der Waals surface area (Å²) in [6.45, 7) is 2.69. The second-order valence-electron chi connectivity index (χ2n) is 7.17. The minimum Gasteiger partial charge on any atom is -0.473 e. The van der Waals surface area contributed by atoms with E-state index in [9.17, 15) is 0 Å². The van der Waals surface area contributed by atoms with Crippen LogP contribution >= 0.6 is 0 Å². The molecule has 0 bridgehead atoms. The summed E-state index contributed by atoms with van der Waals surface area (Å²) in [6, 6.07) is 25.6. The third kappa shape index (κ3) is 4.75. The fourth-order valence-electron chi connectivity index (χ4n) is 3.78. The third-order valence-electron chi connectivity index (χ3n) is 5.22. The van der Waals surface area contributed by atoms with Crippen molar-refractivity contribution in [2.75, 3.05) is 6.54 Å². The van der Waals surface area contributed by atoms with Crippen LogP contribution in [0, 0.1) is 0 Å². The number of hydrogen-bond acceptors (Lipinski definition) is 3. The lowest BCUT2D eigenvalue weighted by Gasteiger charge is -2.36. The van der Waals surface area contributed by atoms with Crippen molar-refractivity contribution in [3.63, 3.8) is 0 Å². The van der Waals surface area contributed by atoms with Crippen LogP contribution in [0.5, 0.6) is 5.88 Å². The summed E-state index contributed by atoms with van der Waals surface area (Å²) in [5.41, 5.74) is 3.82. The number of pyridine rings is 1. The van der Waals surface area contributed by atoms with E-state index in [0.29, 0.717) is 18.5 Å². The SMILES string of the molecule is c1ccc(COc2ccc([C@H]3CCCCN3Cc3ccccc3)cn2)cc1. The highest BCUT2D eigenvalue weighted by Gasteiger charge is 2.24. The van der Waals surface area contributed by atoms with E-state index in [1.807, 2.05) is 30.5 Å². The van der Waals surface area contributed by atoms with Crippen molar-refractivity contribution >= 4 is 0 Å². The first-order chi connectivity index (χ1) is 13.4. The second kappa shape index (κ2) is 8.83. The van der Waals surface area contributed by atoms with Gasteiger partial charge in [-0.3, -0.25) is 4.90 Å². The lowest BCUT2D eigenvalue weighted by atomic mass is 9.96. The molecule has 0 spiro atoms. The van der Waals surface area contributed by atoms with E-state index >= 15 is 0 Å². The molecule has 1 saturated heterocycles. The molecule has 3 nitrogen and oxygen atoms in total. The first-order valence-corrected chi connectivity index (χ1v) is 9.79. The molecular formula is C24H26N2O. The van der Waals surface area contributed by atoms with Crippen LogP contribution in [0.3, 0.4) is 0 Å². The van der Waals surface area contributed by atoms with E-state index in [4.69, 9.17) is 4.74 Å². The largest absolute Gasteiger partial charge is 0.473 e. The quantitative estimate of drug-likeness (QED) is 0.591. The maximum atomic E-state index is 5.83. The average molecular weight is 358 g/mol. The summed E-state index contributed by atoms with van der Waals surface area (Å²) in [7, 11) is 0. The maximum Gasteiger partial charge on any atom is 0.213 e. The van der Waals surface area contributed by atoms with Crippen LogP contribution in [0.2, 0.25) is 0 Å². The Hall–Kier alpha value is -2.65. The van der Waals surface area contributed by atoms with Crippen LogP contribution < -0.4 is 4.74 Å². The normalized spacial score (nSPS) is 17.6. The molecule has 27 heavy (non-hydrogen) atoms. The van der Waals surface area contributed by atoms with Gasteiger partial charge in [0, 0.05) is 24.8 Å². The van der Waals surface area contributed by atoms with E-state index in [1.54, 1.807) is 0 Å². The van der Waals surface area contributed by atoms with Crippen molar-refractivity contribution in [3.8, 4) is 5.88 Å². The topological polar surface area (TPSA) is 25.4 Å². The Morgan fingerprint density at radius 2 is 1.59 bits per heavy atom. The number of benzene rings is 2. The van der Waals surface area contributed by atoms with E-state index in [1.165, 1.54) is 30.4 Å². The zero-order chi connectivity index (χ0) is 18.3. The van der Waals surface area contributed by atoms with Crippen molar-refractivity contribution in [2.45, 2.75) is 38.5 Å². The number of ether oxygens (including phenoxy) is 1. The first kappa shape index (κ1) is 17.7. The highest BCUT2D eigenvalue weighted by molar-refractivity contribution is 5.23. The molecule has 0 aliphatic carbocycles. The van der Waals surface area contributed by atoms with Gasteiger partial charge in [0.15, 0.2) is 0 Å². The zero-order valence-electron chi connectivity index (χ0n) is 15.6. The Bertz CT molecular complexity index is 818. The number of rotatable bonds is 6. The van der Waals surface area contributed by atoms with Crippen LogP contribution in [0.25, 0.3) is 0 Å². The lowest BCUT2D eigenvalue weighted by Crippen LogP contribution is -2.32. The highest BCUT2D eigenvalue weighted by Crippen LogP contribution is 2.32. The molecule has 1 aliphatic rings. The molecule has 2 aromatic carbocycles. The molecule has 2 heterocycles. The fraction of sp³-hybridized carbons (Fsp3) is 0.292. The minimum absolute atomic E-state index is 0.439. The second-order valence-corrected chi connectivity index (χ2v) is 7.17. The number of nitrogens with zero attached hydrogens (tertiary/aromatic N) is 2. The molecule has 0 saturated carbocycles. The number of piperidine rings is 1. The highest BCUT2D eigenvalue weighted by atomic mass is 16.5. The van der Waals surface area contributed by atoms with Gasteiger partial charge in [-0.05, 0) is 36.1 Å². The van der Waals surface area contributed by atoms with Gasteiger partial charge in [0.2, 0.25) is 5.88 Å². The van der Waals surface area contributed by atoms with Crippen LogP contribution in [0.15, 0.2) is 79.0 Å². The summed E-state index contributed by atoms with van der Waals surface area (Å²) in [5, 5.41) is 0. The molecule has 0 unspecified atom stereocenters. The Balaban J connectivity index is 1.41. The standard InChI is InChI=1S/C24H26N2O/c1-3-9-20(10-4-1)18-26-16-8-7-13-23(26)22-14-15-24(25-17-22)27-19-21-11-5-2-6-12-21/h1-6,9-12,14-15,17,23H,7-8,13,16,18-19H2/t23-/m1/s1. The van der Waals surface area contributed by atoms with E-state index < -0.39 is 0 Å². The van der Waals surface area contributed by atoms with Gasteiger partial charge in [-0.15, -0.1) is 0 Å².